The van der Waals surface area contributed by atoms with E-state index >= 15 is 0 Å². The average molecular weight is 270 g/mol. The molecule has 0 aromatic carbocycles. The van der Waals surface area contributed by atoms with E-state index in [-0.39, 0.29) is 5.56 Å². The summed E-state index contributed by atoms with van der Waals surface area (Å²) in [5, 5.41) is 16.5. The first-order valence-corrected chi connectivity index (χ1v) is 7.44. The van der Waals surface area contributed by atoms with Crippen LogP contribution in [0.1, 0.15) is 41.8 Å². The van der Waals surface area contributed by atoms with E-state index < -0.39 is 5.97 Å². The third-order valence-electron chi connectivity index (χ3n) is 3.41. The molecule has 1 aliphatic rings. The number of aromatic carboxylic acids is 1. The first-order valence-electron chi connectivity index (χ1n) is 6.15. The highest BCUT2D eigenvalue weighted by atomic mass is 32.2. The molecule has 1 fully saturated rings. The van der Waals surface area contributed by atoms with Crippen molar-refractivity contribution >= 4 is 17.7 Å². The molecular weight excluding hydrogens is 252 g/mol. The van der Waals surface area contributed by atoms with E-state index in [1.54, 1.807) is 0 Å². The van der Waals surface area contributed by atoms with Gasteiger partial charge >= 0.3 is 5.97 Å². The Bertz CT molecular complexity index is 408. The Labute approximate surface area is 110 Å². The summed E-state index contributed by atoms with van der Waals surface area (Å²) in [7, 11) is 0. The Morgan fingerprint density at radius 3 is 3.11 bits per heavy atom. The van der Waals surface area contributed by atoms with Crippen molar-refractivity contribution in [2.24, 2.45) is 0 Å². The van der Waals surface area contributed by atoms with E-state index in [0.717, 1.165) is 6.42 Å². The third kappa shape index (κ3) is 3.05. The minimum absolute atomic E-state index is 0.152. The Morgan fingerprint density at radius 1 is 1.61 bits per heavy atom. The molecule has 0 saturated heterocycles. The topological polar surface area (TPSA) is 75.4 Å². The predicted molar refractivity (Wildman–Crippen MR) is 69.9 cm³/mol. The Balaban J connectivity index is 1.93. The van der Waals surface area contributed by atoms with Crippen LogP contribution in [0.2, 0.25) is 0 Å². The van der Waals surface area contributed by atoms with Gasteiger partial charge in [0, 0.05) is 11.3 Å². The van der Waals surface area contributed by atoms with Crippen LogP contribution < -0.4 is 5.32 Å². The van der Waals surface area contributed by atoms with Crippen LogP contribution in [-0.4, -0.2) is 33.8 Å². The van der Waals surface area contributed by atoms with E-state index in [2.05, 4.69) is 16.7 Å². The predicted octanol–water partition coefficient (Wildman–Crippen LogP) is 2.14. The summed E-state index contributed by atoms with van der Waals surface area (Å²) >= 11 is 1.88. The van der Waals surface area contributed by atoms with Gasteiger partial charge in [-0.25, -0.2) is 4.79 Å². The van der Waals surface area contributed by atoms with Crippen LogP contribution in [0.5, 0.6) is 0 Å². The molecule has 1 aliphatic carbocycles. The number of carbonyl (C=O) groups is 1. The van der Waals surface area contributed by atoms with Crippen molar-refractivity contribution in [3.05, 3.63) is 17.5 Å². The van der Waals surface area contributed by atoms with Crippen molar-refractivity contribution in [2.75, 3.05) is 6.26 Å². The largest absolute Gasteiger partial charge is 0.478 e. The van der Waals surface area contributed by atoms with Crippen molar-refractivity contribution in [3.63, 3.8) is 0 Å². The molecular formula is C12H18N2O3S. The molecule has 0 radical (unpaired) electrons. The van der Waals surface area contributed by atoms with Gasteiger partial charge in [-0.3, -0.25) is 0 Å². The van der Waals surface area contributed by atoms with E-state index in [9.17, 15) is 4.79 Å². The number of hydrogen-bond donors (Lipinski definition) is 2. The van der Waals surface area contributed by atoms with Crippen LogP contribution >= 0.6 is 11.8 Å². The summed E-state index contributed by atoms with van der Waals surface area (Å²) in [6.07, 6.45) is 8.26. The number of rotatable bonds is 5. The van der Waals surface area contributed by atoms with Gasteiger partial charge in [-0.2, -0.15) is 11.8 Å². The van der Waals surface area contributed by atoms with Gasteiger partial charge < -0.3 is 14.9 Å². The van der Waals surface area contributed by atoms with Gasteiger partial charge in [0.1, 0.15) is 5.56 Å². The Hall–Kier alpha value is -1.01. The lowest BCUT2D eigenvalue weighted by atomic mass is 9.95. The van der Waals surface area contributed by atoms with Gasteiger partial charge in [-0.15, -0.1) is 0 Å². The average Bonchev–Trinajstić information content (AvgIpc) is 2.85. The van der Waals surface area contributed by atoms with E-state index in [1.807, 2.05) is 11.8 Å². The van der Waals surface area contributed by atoms with Crippen molar-refractivity contribution in [1.29, 1.82) is 0 Å². The lowest BCUT2D eigenvalue weighted by molar-refractivity contribution is 0.0694. The van der Waals surface area contributed by atoms with E-state index in [1.165, 1.54) is 25.5 Å². The summed E-state index contributed by atoms with van der Waals surface area (Å²) in [6, 6.07) is 0.431. The number of thioether (sulfide) groups is 1. The molecule has 1 saturated carbocycles. The lowest BCUT2D eigenvalue weighted by Gasteiger charge is -2.30. The number of nitrogens with zero attached hydrogens (tertiary/aromatic N) is 1. The van der Waals surface area contributed by atoms with Crippen molar-refractivity contribution in [3.8, 4) is 0 Å². The van der Waals surface area contributed by atoms with Crippen LogP contribution in [0.4, 0.5) is 0 Å². The van der Waals surface area contributed by atoms with Gasteiger partial charge in [0.25, 0.3) is 0 Å². The van der Waals surface area contributed by atoms with Crippen molar-refractivity contribution in [1.82, 2.24) is 10.5 Å². The molecule has 0 aliphatic heterocycles. The molecule has 2 rings (SSSR count). The SMILES string of the molecule is CSC1CCCCC1NCc1oncc1C(=O)O. The molecule has 0 amide bonds. The Kier molecular flexibility index (Phi) is 4.66. The molecule has 0 spiro atoms. The maximum absolute atomic E-state index is 10.9. The van der Waals surface area contributed by atoms with Crippen LogP contribution in [-0.2, 0) is 6.54 Å². The van der Waals surface area contributed by atoms with Gasteiger partial charge in [0.2, 0.25) is 0 Å². The maximum atomic E-state index is 10.9. The van der Waals surface area contributed by atoms with E-state index in [4.69, 9.17) is 9.63 Å². The van der Waals surface area contributed by atoms with Crippen LogP contribution in [0.25, 0.3) is 0 Å². The van der Waals surface area contributed by atoms with Crippen molar-refractivity contribution in [2.45, 2.75) is 43.5 Å². The highest BCUT2D eigenvalue weighted by molar-refractivity contribution is 7.99. The fraction of sp³-hybridized carbons (Fsp3) is 0.667. The standard InChI is InChI=1S/C12H18N2O3S/c1-18-11-5-3-2-4-9(11)13-7-10-8(12(15)16)6-14-17-10/h6,9,11,13H,2-5,7H2,1H3,(H,15,16). The normalized spacial score (nSPS) is 24.1. The fourth-order valence-corrected chi connectivity index (χ4v) is 3.37. The highest BCUT2D eigenvalue weighted by Crippen LogP contribution is 2.27. The van der Waals surface area contributed by atoms with Crippen molar-refractivity contribution < 1.29 is 14.4 Å². The zero-order chi connectivity index (χ0) is 13.0. The molecule has 1 aromatic rings. The summed E-state index contributed by atoms with van der Waals surface area (Å²) in [4.78, 5) is 10.9. The number of hydrogen-bond acceptors (Lipinski definition) is 5. The van der Waals surface area contributed by atoms with Crippen LogP contribution in [0, 0.1) is 0 Å². The third-order valence-corrected chi connectivity index (χ3v) is 4.58. The molecule has 100 valence electrons. The van der Waals surface area contributed by atoms with Gasteiger partial charge in [0.15, 0.2) is 5.76 Å². The second kappa shape index (κ2) is 6.24. The molecule has 6 heteroatoms. The summed E-state index contributed by atoms with van der Waals surface area (Å²) in [5.41, 5.74) is 0.152. The molecule has 2 atom stereocenters. The zero-order valence-electron chi connectivity index (χ0n) is 10.4. The number of carboxylic acid groups (broad SMARTS) is 1. The summed E-state index contributed by atoms with van der Waals surface area (Å²) in [6.45, 7) is 0.434. The molecule has 1 aromatic heterocycles. The monoisotopic (exact) mass is 270 g/mol. The highest BCUT2D eigenvalue weighted by Gasteiger charge is 2.25. The number of nitrogens with one attached hydrogen (secondary N) is 1. The smallest absolute Gasteiger partial charge is 0.341 e. The molecule has 0 bridgehead atoms. The summed E-state index contributed by atoms with van der Waals surface area (Å²) in [5.74, 6) is -0.578. The summed E-state index contributed by atoms with van der Waals surface area (Å²) < 4.78 is 4.99. The first kappa shape index (κ1) is 13.4. The second-order valence-electron chi connectivity index (χ2n) is 4.51. The molecule has 18 heavy (non-hydrogen) atoms. The number of aromatic nitrogens is 1. The quantitative estimate of drug-likeness (QED) is 0.853. The van der Waals surface area contributed by atoms with Crippen LogP contribution in [0.3, 0.4) is 0 Å². The second-order valence-corrected chi connectivity index (χ2v) is 5.59. The maximum Gasteiger partial charge on any atom is 0.341 e. The minimum atomic E-state index is -0.988. The van der Waals surface area contributed by atoms with E-state index in [0.29, 0.717) is 23.6 Å². The molecule has 1 heterocycles. The molecule has 2 N–H and O–H groups in total. The minimum Gasteiger partial charge on any atom is -0.478 e. The van der Waals surface area contributed by atoms with Gasteiger partial charge in [-0.1, -0.05) is 18.0 Å². The zero-order valence-corrected chi connectivity index (χ0v) is 11.2. The Morgan fingerprint density at radius 2 is 2.39 bits per heavy atom. The lowest BCUT2D eigenvalue weighted by Crippen LogP contribution is -2.40. The number of carboxylic acids is 1. The van der Waals surface area contributed by atoms with Crippen LogP contribution in [0.15, 0.2) is 10.7 Å². The van der Waals surface area contributed by atoms with Gasteiger partial charge in [0.05, 0.1) is 12.7 Å². The fourth-order valence-electron chi connectivity index (χ4n) is 2.40. The molecule has 2 unspecified atom stereocenters. The first-order chi connectivity index (χ1) is 8.72. The van der Waals surface area contributed by atoms with Gasteiger partial charge in [-0.05, 0) is 19.1 Å². The molecule has 5 nitrogen and oxygen atoms in total.